The third-order valence-corrected chi connectivity index (χ3v) is 6.51. The summed E-state index contributed by atoms with van der Waals surface area (Å²) in [6.45, 7) is 4.82. The maximum absolute atomic E-state index is 12.0. The number of hydrogen-bond donors (Lipinski definition) is 2. The van der Waals surface area contributed by atoms with Gasteiger partial charge in [-0.3, -0.25) is 9.69 Å². The van der Waals surface area contributed by atoms with Crippen LogP contribution in [-0.2, 0) is 4.79 Å². The van der Waals surface area contributed by atoms with Crippen molar-refractivity contribution in [2.45, 2.75) is 38.5 Å². The summed E-state index contributed by atoms with van der Waals surface area (Å²) in [5, 5.41) is 1.29. The highest BCUT2D eigenvalue weighted by molar-refractivity contribution is 5.92. The predicted molar refractivity (Wildman–Crippen MR) is 111 cm³/mol. The third-order valence-electron chi connectivity index (χ3n) is 6.51. The molecule has 1 unspecified atom stereocenters. The van der Waals surface area contributed by atoms with E-state index in [1.54, 1.807) is 0 Å². The normalized spacial score (nSPS) is 20.8. The van der Waals surface area contributed by atoms with Crippen LogP contribution < -0.4 is 10.6 Å². The molecule has 5 heteroatoms. The number of H-pyrrole nitrogens is 1. The average molecular weight is 369 g/mol. The molecule has 5 nitrogen and oxygen atoms in total. The van der Waals surface area contributed by atoms with Gasteiger partial charge in [0.25, 0.3) is 0 Å². The standard InChI is InChI=1S/C22H32N4O/c23-22(27)18(15-17-5-2-1-3-6-17)16-25-11-13-26(14-12-25)21-8-4-7-20-19(21)9-10-24-20/h4,7-10,17-18,24H,1-3,5-6,11-16H2,(H2,23,27). The van der Waals surface area contributed by atoms with Crippen LogP contribution in [0.2, 0.25) is 0 Å². The highest BCUT2D eigenvalue weighted by atomic mass is 16.1. The first-order chi connectivity index (χ1) is 13.2. The van der Waals surface area contributed by atoms with Crippen molar-refractivity contribution in [1.29, 1.82) is 0 Å². The monoisotopic (exact) mass is 368 g/mol. The number of fused-ring (bicyclic) bond motifs is 1. The Hall–Kier alpha value is -2.01. The van der Waals surface area contributed by atoms with E-state index in [4.69, 9.17) is 5.73 Å². The molecule has 1 aromatic heterocycles. The van der Waals surface area contributed by atoms with Crippen molar-refractivity contribution in [3.05, 3.63) is 30.5 Å². The molecular weight excluding hydrogens is 336 g/mol. The fourth-order valence-corrected chi connectivity index (χ4v) is 4.93. The summed E-state index contributed by atoms with van der Waals surface area (Å²) in [4.78, 5) is 20.2. The summed E-state index contributed by atoms with van der Waals surface area (Å²) in [6.07, 6.45) is 9.54. The van der Waals surface area contributed by atoms with Gasteiger partial charge in [-0.05, 0) is 30.5 Å². The Kier molecular flexibility index (Phi) is 5.67. The molecule has 0 radical (unpaired) electrons. The second-order valence-corrected chi connectivity index (χ2v) is 8.34. The average Bonchev–Trinajstić information content (AvgIpc) is 3.18. The molecule has 4 rings (SSSR count). The van der Waals surface area contributed by atoms with Crippen molar-refractivity contribution in [1.82, 2.24) is 9.88 Å². The molecule has 2 aromatic rings. The number of nitrogens with two attached hydrogens (primary N) is 1. The zero-order valence-electron chi connectivity index (χ0n) is 16.2. The van der Waals surface area contributed by atoms with Gasteiger partial charge in [0, 0.05) is 55.5 Å². The van der Waals surface area contributed by atoms with E-state index in [9.17, 15) is 4.79 Å². The van der Waals surface area contributed by atoms with Crippen molar-refractivity contribution in [2.24, 2.45) is 17.6 Å². The number of aromatic nitrogens is 1. The van der Waals surface area contributed by atoms with Gasteiger partial charge in [0.15, 0.2) is 0 Å². The number of aromatic amines is 1. The van der Waals surface area contributed by atoms with Crippen LogP contribution in [0.4, 0.5) is 5.69 Å². The van der Waals surface area contributed by atoms with Crippen LogP contribution in [0.1, 0.15) is 38.5 Å². The molecule has 146 valence electrons. The summed E-state index contributed by atoms with van der Waals surface area (Å²) in [5.41, 5.74) is 8.26. The zero-order chi connectivity index (χ0) is 18.6. The smallest absolute Gasteiger partial charge is 0.221 e. The fourth-order valence-electron chi connectivity index (χ4n) is 4.93. The Morgan fingerprint density at radius 2 is 1.89 bits per heavy atom. The summed E-state index contributed by atoms with van der Waals surface area (Å²) in [6, 6.07) is 8.61. The lowest BCUT2D eigenvalue weighted by molar-refractivity contribution is -0.123. The van der Waals surface area contributed by atoms with E-state index in [-0.39, 0.29) is 11.8 Å². The van der Waals surface area contributed by atoms with Crippen LogP contribution in [0, 0.1) is 11.8 Å². The number of primary amides is 1. The highest BCUT2D eigenvalue weighted by Crippen LogP contribution is 2.30. The Morgan fingerprint density at radius 3 is 2.63 bits per heavy atom. The van der Waals surface area contributed by atoms with Crippen molar-refractivity contribution in [3.63, 3.8) is 0 Å². The maximum atomic E-state index is 12.0. The van der Waals surface area contributed by atoms with E-state index in [0.717, 1.165) is 39.1 Å². The van der Waals surface area contributed by atoms with Crippen LogP contribution in [0.15, 0.2) is 30.5 Å². The van der Waals surface area contributed by atoms with E-state index in [1.165, 1.54) is 48.7 Å². The number of benzene rings is 1. The number of nitrogens with zero attached hydrogens (tertiary/aromatic N) is 2. The van der Waals surface area contributed by atoms with Gasteiger partial charge in [0.2, 0.25) is 5.91 Å². The molecule has 2 fully saturated rings. The third kappa shape index (κ3) is 4.29. The van der Waals surface area contributed by atoms with Crippen LogP contribution >= 0.6 is 0 Å². The first-order valence-electron chi connectivity index (χ1n) is 10.5. The highest BCUT2D eigenvalue weighted by Gasteiger charge is 2.27. The SMILES string of the molecule is NC(=O)C(CC1CCCCC1)CN1CCN(c2cccc3[nH]ccc23)CC1. The number of piperazine rings is 1. The second-order valence-electron chi connectivity index (χ2n) is 8.34. The number of rotatable bonds is 6. The van der Waals surface area contributed by atoms with Gasteiger partial charge in [0.05, 0.1) is 5.92 Å². The number of amides is 1. The summed E-state index contributed by atoms with van der Waals surface area (Å²) >= 11 is 0. The largest absolute Gasteiger partial charge is 0.369 e. The predicted octanol–water partition coefficient (Wildman–Crippen LogP) is 3.36. The Morgan fingerprint density at radius 1 is 1.11 bits per heavy atom. The number of carbonyl (C=O) groups excluding carboxylic acids is 1. The minimum atomic E-state index is -0.111. The topological polar surface area (TPSA) is 65.4 Å². The summed E-state index contributed by atoms with van der Waals surface area (Å²) in [7, 11) is 0. The van der Waals surface area contributed by atoms with Crippen molar-refractivity contribution in [2.75, 3.05) is 37.6 Å². The lowest BCUT2D eigenvalue weighted by atomic mass is 9.82. The number of nitrogens with one attached hydrogen (secondary N) is 1. The van der Waals surface area contributed by atoms with Crippen LogP contribution in [0.5, 0.6) is 0 Å². The molecule has 1 aromatic carbocycles. The number of anilines is 1. The van der Waals surface area contributed by atoms with Gasteiger partial charge in [-0.1, -0.05) is 38.2 Å². The molecule has 27 heavy (non-hydrogen) atoms. The Labute approximate surface area is 161 Å². The van der Waals surface area contributed by atoms with Gasteiger partial charge >= 0.3 is 0 Å². The molecule has 2 heterocycles. The van der Waals surface area contributed by atoms with E-state index in [0.29, 0.717) is 5.92 Å². The van der Waals surface area contributed by atoms with Gasteiger partial charge in [-0.25, -0.2) is 0 Å². The van der Waals surface area contributed by atoms with E-state index in [1.807, 2.05) is 6.20 Å². The van der Waals surface area contributed by atoms with E-state index < -0.39 is 0 Å². The first-order valence-corrected chi connectivity index (χ1v) is 10.5. The Bertz CT molecular complexity index is 757. The molecule has 3 N–H and O–H groups in total. The molecule has 2 aliphatic rings. The molecule has 1 aliphatic carbocycles. The lowest BCUT2D eigenvalue weighted by Crippen LogP contribution is -2.49. The van der Waals surface area contributed by atoms with Crippen molar-refractivity contribution < 1.29 is 4.79 Å². The molecule has 0 spiro atoms. The Balaban J connectivity index is 1.34. The van der Waals surface area contributed by atoms with Crippen molar-refractivity contribution >= 4 is 22.5 Å². The van der Waals surface area contributed by atoms with Gasteiger partial charge in [-0.15, -0.1) is 0 Å². The minimum absolute atomic E-state index is 0.00718. The minimum Gasteiger partial charge on any atom is -0.369 e. The number of hydrogen-bond acceptors (Lipinski definition) is 3. The fraction of sp³-hybridized carbons (Fsp3) is 0.591. The second kappa shape index (κ2) is 8.34. The summed E-state index contributed by atoms with van der Waals surface area (Å²) in [5.74, 6) is 0.594. The zero-order valence-corrected chi connectivity index (χ0v) is 16.2. The molecule has 1 atom stereocenters. The van der Waals surface area contributed by atoms with Gasteiger partial charge < -0.3 is 15.6 Å². The molecular formula is C22H32N4O. The van der Waals surface area contributed by atoms with Crippen LogP contribution in [0.25, 0.3) is 10.9 Å². The van der Waals surface area contributed by atoms with Crippen molar-refractivity contribution in [3.8, 4) is 0 Å². The molecule has 1 aliphatic heterocycles. The van der Waals surface area contributed by atoms with Gasteiger partial charge in [0.1, 0.15) is 0 Å². The van der Waals surface area contributed by atoms with E-state index >= 15 is 0 Å². The van der Waals surface area contributed by atoms with E-state index in [2.05, 4.69) is 39.0 Å². The van der Waals surface area contributed by atoms with Crippen LogP contribution in [0.3, 0.4) is 0 Å². The summed E-state index contributed by atoms with van der Waals surface area (Å²) < 4.78 is 0. The van der Waals surface area contributed by atoms with Gasteiger partial charge in [-0.2, -0.15) is 0 Å². The molecule has 1 saturated carbocycles. The lowest BCUT2D eigenvalue weighted by Gasteiger charge is -2.38. The quantitative estimate of drug-likeness (QED) is 0.822. The maximum Gasteiger partial charge on any atom is 0.221 e. The molecule has 0 bridgehead atoms. The first kappa shape index (κ1) is 18.4. The molecule has 1 amide bonds. The van der Waals surface area contributed by atoms with Crippen LogP contribution in [-0.4, -0.2) is 48.5 Å². The molecule has 1 saturated heterocycles. The number of carbonyl (C=O) groups is 1.